The highest BCUT2D eigenvalue weighted by Crippen LogP contribution is 2.37. The van der Waals surface area contributed by atoms with Crippen molar-refractivity contribution in [2.45, 2.75) is 50.8 Å². The maximum Gasteiger partial charge on any atom is 0.223 e. The number of hydrogen-bond donors (Lipinski definition) is 2. The third-order valence-corrected chi connectivity index (χ3v) is 5.94. The molecule has 2 aromatic rings. The number of aliphatic hydroxyl groups excluding tert-OH is 1. The smallest absolute Gasteiger partial charge is 0.223 e. The number of benzene rings is 2. The van der Waals surface area contributed by atoms with Crippen LogP contribution in [0, 0.1) is 0 Å². The molecule has 0 spiro atoms. The lowest BCUT2D eigenvalue weighted by Gasteiger charge is -2.47. The van der Waals surface area contributed by atoms with Gasteiger partial charge in [-0.2, -0.15) is 0 Å². The topological polar surface area (TPSA) is 122 Å². The molecule has 0 saturated carbocycles. The van der Waals surface area contributed by atoms with Crippen molar-refractivity contribution in [3.05, 3.63) is 53.6 Å². The minimum absolute atomic E-state index is 0.124. The van der Waals surface area contributed by atoms with Gasteiger partial charge in [0.2, 0.25) is 12.2 Å². The van der Waals surface area contributed by atoms with Crippen molar-refractivity contribution in [3.63, 3.8) is 0 Å². The molecule has 2 heterocycles. The third kappa shape index (κ3) is 5.40. The molecule has 35 heavy (non-hydrogen) atoms. The molecule has 0 aromatic heterocycles. The second kappa shape index (κ2) is 10.6. The first-order chi connectivity index (χ1) is 16.8. The van der Waals surface area contributed by atoms with Crippen LogP contribution in [-0.2, 0) is 19.0 Å². The molecule has 1 amide bonds. The molecule has 6 atom stereocenters. The molecule has 6 unspecified atom stereocenters. The van der Waals surface area contributed by atoms with E-state index in [-0.39, 0.29) is 24.0 Å². The average molecular weight is 488 g/mol. The van der Waals surface area contributed by atoms with E-state index in [1.165, 1.54) is 21.0 Å². The zero-order chi connectivity index (χ0) is 25.1. The Morgan fingerprint density at radius 1 is 1.00 bits per heavy atom. The Hall–Kier alpha value is -3.18. The molecule has 2 aliphatic rings. The van der Waals surface area contributed by atoms with Crippen molar-refractivity contribution in [2.75, 3.05) is 20.8 Å². The van der Waals surface area contributed by atoms with Crippen LogP contribution in [-0.4, -0.2) is 68.3 Å². The Morgan fingerprint density at radius 3 is 2.37 bits per heavy atom. The summed E-state index contributed by atoms with van der Waals surface area (Å²) in [5.41, 5.74) is 1.21. The Bertz CT molecular complexity index is 1060. The molecule has 2 N–H and O–H groups in total. The number of carbonyl (C=O) groups excluding carboxylic acids is 2. The van der Waals surface area contributed by atoms with E-state index < -0.39 is 36.9 Å². The average Bonchev–Trinajstić information content (AvgIpc) is 2.86. The van der Waals surface area contributed by atoms with Crippen molar-refractivity contribution in [1.82, 2.24) is 5.32 Å². The van der Waals surface area contributed by atoms with E-state index in [0.717, 1.165) is 5.56 Å². The predicted molar refractivity (Wildman–Crippen MR) is 122 cm³/mol. The van der Waals surface area contributed by atoms with Gasteiger partial charge in [0.05, 0.1) is 20.8 Å². The van der Waals surface area contributed by atoms with Gasteiger partial charge < -0.3 is 38.8 Å². The van der Waals surface area contributed by atoms with E-state index in [0.29, 0.717) is 17.1 Å². The number of amides is 1. The van der Waals surface area contributed by atoms with E-state index in [1.807, 2.05) is 12.1 Å². The number of nitrogens with one attached hydrogen (secondary N) is 1. The summed E-state index contributed by atoms with van der Waals surface area (Å²) >= 11 is 0. The van der Waals surface area contributed by atoms with Crippen LogP contribution in [0.25, 0.3) is 0 Å². The summed E-state index contributed by atoms with van der Waals surface area (Å²) in [6.07, 6.45) is -4.40. The number of aliphatic hydroxyl groups is 1. The first kappa shape index (κ1) is 24.9. The van der Waals surface area contributed by atoms with Gasteiger partial charge in [-0.25, -0.2) is 0 Å². The minimum atomic E-state index is -1.16. The SMILES string of the molecule is COc1ccc(C2OCC3OC(Oc4ccc(C(C)=O)cc4OC)C(NC(C)=O)C(O)C3O2)cc1. The molecular weight excluding hydrogens is 458 g/mol. The zero-order valence-corrected chi connectivity index (χ0v) is 19.9. The molecule has 10 heteroatoms. The van der Waals surface area contributed by atoms with Crippen LogP contribution in [0.4, 0.5) is 0 Å². The van der Waals surface area contributed by atoms with Gasteiger partial charge >= 0.3 is 0 Å². The first-order valence-electron chi connectivity index (χ1n) is 11.2. The maximum atomic E-state index is 11.9. The maximum absolute atomic E-state index is 11.9. The van der Waals surface area contributed by atoms with Crippen molar-refractivity contribution in [1.29, 1.82) is 0 Å². The van der Waals surface area contributed by atoms with E-state index in [1.54, 1.807) is 37.4 Å². The number of rotatable bonds is 7. The van der Waals surface area contributed by atoms with Crippen LogP contribution in [0.3, 0.4) is 0 Å². The second-order valence-corrected chi connectivity index (χ2v) is 8.34. The molecule has 0 bridgehead atoms. The minimum Gasteiger partial charge on any atom is -0.497 e. The fraction of sp³-hybridized carbons (Fsp3) is 0.440. The Morgan fingerprint density at radius 2 is 1.74 bits per heavy atom. The molecule has 188 valence electrons. The quantitative estimate of drug-likeness (QED) is 0.565. The van der Waals surface area contributed by atoms with E-state index in [9.17, 15) is 14.7 Å². The standard InChI is InChI=1S/C25H29NO9/c1-13(27)16-7-10-18(19(11-16)31-4)33-25-21(26-14(2)28)22(29)23-20(34-25)12-32-24(35-23)15-5-8-17(30-3)9-6-15/h5-11,20-25,29H,12H2,1-4H3,(H,26,28). The van der Waals surface area contributed by atoms with Crippen LogP contribution >= 0.6 is 0 Å². The van der Waals surface area contributed by atoms with Crippen molar-refractivity contribution in [3.8, 4) is 17.2 Å². The van der Waals surface area contributed by atoms with Crippen molar-refractivity contribution >= 4 is 11.7 Å². The molecule has 2 saturated heterocycles. The van der Waals surface area contributed by atoms with Gasteiger partial charge in [-0.3, -0.25) is 9.59 Å². The number of fused-ring (bicyclic) bond motifs is 1. The van der Waals surface area contributed by atoms with E-state index >= 15 is 0 Å². The second-order valence-electron chi connectivity index (χ2n) is 8.34. The highest BCUT2D eigenvalue weighted by Gasteiger charge is 2.51. The summed E-state index contributed by atoms with van der Waals surface area (Å²) in [5.74, 6) is 0.803. The zero-order valence-electron chi connectivity index (χ0n) is 19.9. The highest BCUT2D eigenvalue weighted by molar-refractivity contribution is 5.94. The molecule has 2 fully saturated rings. The number of methoxy groups -OCH3 is 2. The fourth-order valence-electron chi connectivity index (χ4n) is 4.12. The number of carbonyl (C=O) groups is 2. The number of ether oxygens (including phenoxy) is 6. The summed E-state index contributed by atoms with van der Waals surface area (Å²) in [4.78, 5) is 23.6. The van der Waals surface area contributed by atoms with Crippen molar-refractivity contribution in [2.24, 2.45) is 0 Å². The van der Waals surface area contributed by atoms with Gasteiger partial charge in [0.1, 0.15) is 30.1 Å². The monoisotopic (exact) mass is 487 g/mol. The molecule has 10 nitrogen and oxygen atoms in total. The molecular formula is C25H29NO9. The summed E-state index contributed by atoms with van der Waals surface area (Å²) in [5, 5.41) is 13.9. The molecule has 2 aliphatic heterocycles. The van der Waals surface area contributed by atoms with Crippen LogP contribution in [0.2, 0.25) is 0 Å². The summed E-state index contributed by atoms with van der Waals surface area (Å²) in [6.45, 7) is 2.92. The third-order valence-electron chi connectivity index (χ3n) is 5.94. The first-order valence-corrected chi connectivity index (χ1v) is 11.2. The lowest BCUT2D eigenvalue weighted by Crippen LogP contribution is -2.67. The van der Waals surface area contributed by atoms with Crippen molar-refractivity contribution < 1.29 is 43.1 Å². The van der Waals surface area contributed by atoms with Gasteiger partial charge in [-0.05, 0) is 37.3 Å². The lowest BCUT2D eigenvalue weighted by atomic mass is 9.95. The number of Topliss-reactive ketones (excluding diaryl/α,β-unsaturated/α-hetero) is 1. The predicted octanol–water partition coefficient (Wildman–Crippen LogP) is 1.99. The highest BCUT2D eigenvalue weighted by atomic mass is 16.7. The van der Waals surface area contributed by atoms with Crippen LogP contribution in [0.5, 0.6) is 17.2 Å². The molecule has 2 aromatic carbocycles. The van der Waals surface area contributed by atoms with Gasteiger partial charge in [0.25, 0.3) is 0 Å². The van der Waals surface area contributed by atoms with Crippen LogP contribution in [0.1, 0.15) is 36.1 Å². The lowest BCUT2D eigenvalue weighted by molar-refractivity contribution is -0.333. The number of hydrogen-bond acceptors (Lipinski definition) is 9. The van der Waals surface area contributed by atoms with Gasteiger partial charge in [-0.15, -0.1) is 0 Å². The Kier molecular flexibility index (Phi) is 7.56. The van der Waals surface area contributed by atoms with Gasteiger partial charge in [0, 0.05) is 18.1 Å². The summed E-state index contributed by atoms with van der Waals surface area (Å²) < 4.78 is 34.6. The van der Waals surface area contributed by atoms with Gasteiger partial charge in [0.15, 0.2) is 23.6 Å². The fourth-order valence-corrected chi connectivity index (χ4v) is 4.12. The largest absolute Gasteiger partial charge is 0.497 e. The van der Waals surface area contributed by atoms with E-state index in [2.05, 4.69) is 5.32 Å². The Labute approximate surface area is 203 Å². The van der Waals surface area contributed by atoms with Gasteiger partial charge in [-0.1, -0.05) is 12.1 Å². The summed E-state index contributed by atoms with van der Waals surface area (Å²) in [7, 11) is 3.03. The number of ketones is 1. The molecule has 4 rings (SSSR count). The normalized spacial score (nSPS) is 27.9. The molecule has 0 aliphatic carbocycles. The molecule has 0 radical (unpaired) electrons. The van der Waals surface area contributed by atoms with Crippen LogP contribution in [0.15, 0.2) is 42.5 Å². The van der Waals surface area contributed by atoms with E-state index in [4.69, 9.17) is 28.4 Å². The van der Waals surface area contributed by atoms with Crippen LogP contribution < -0.4 is 19.5 Å². The summed E-state index contributed by atoms with van der Waals surface area (Å²) in [6, 6.07) is 11.0. The Balaban J connectivity index is 1.54.